The van der Waals surface area contributed by atoms with Crippen LogP contribution >= 0.6 is 0 Å². The van der Waals surface area contributed by atoms with Crippen LogP contribution in [0.1, 0.15) is 25.0 Å². The minimum atomic E-state index is -0.145. The van der Waals surface area contributed by atoms with E-state index in [4.69, 9.17) is 0 Å². The monoisotopic (exact) mass is 220 g/mol. The van der Waals surface area contributed by atoms with Gasteiger partial charge >= 0.3 is 0 Å². The number of carbonyl (C=O) groups excluding carboxylic acids is 1. The highest BCUT2D eigenvalue weighted by molar-refractivity contribution is 5.81. The van der Waals surface area contributed by atoms with E-state index in [-0.39, 0.29) is 11.9 Å². The number of benzene rings is 1. The fourth-order valence-corrected chi connectivity index (χ4v) is 1.54. The fourth-order valence-electron chi connectivity index (χ4n) is 1.54. The number of hydrogen-bond donors (Lipinski definition) is 2. The van der Waals surface area contributed by atoms with Crippen LogP contribution in [0.4, 0.5) is 0 Å². The van der Waals surface area contributed by atoms with Crippen LogP contribution in [-0.4, -0.2) is 19.0 Å². The lowest BCUT2D eigenvalue weighted by atomic mass is 10.1. The summed E-state index contributed by atoms with van der Waals surface area (Å²) in [6.45, 7) is 4.58. The lowest BCUT2D eigenvalue weighted by molar-refractivity contribution is -0.122. The van der Waals surface area contributed by atoms with E-state index < -0.39 is 0 Å². The second kappa shape index (κ2) is 6.28. The molecule has 3 heteroatoms. The molecule has 0 saturated carbocycles. The van der Waals surface area contributed by atoms with Gasteiger partial charge in [0.05, 0.1) is 6.04 Å². The molecule has 1 aromatic rings. The average Bonchev–Trinajstić information content (AvgIpc) is 2.35. The predicted octanol–water partition coefficient (Wildman–Crippen LogP) is 1.47. The third kappa shape index (κ3) is 3.35. The third-order valence-electron chi connectivity index (χ3n) is 2.78. The topological polar surface area (TPSA) is 41.1 Å². The molecule has 2 N–H and O–H groups in total. The van der Waals surface area contributed by atoms with E-state index in [1.54, 1.807) is 7.05 Å². The van der Waals surface area contributed by atoms with Crippen LogP contribution in [0.2, 0.25) is 0 Å². The van der Waals surface area contributed by atoms with Crippen molar-refractivity contribution >= 4 is 5.91 Å². The van der Waals surface area contributed by atoms with Crippen molar-refractivity contribution in [2.45, 2.75) is 32.9 Å². The molecular formula is C13H20N2O. The van der Waals surface area contributed by atoms with Crippen LogP contribution < -0.4 is 10.6 Å². The van der Waals surface area contributed by atoms with Crippen LogP contribution in [0.5, 0.6) is 0 Å². The Morgan fingerprint density at radius 2 is 1.94 bits per heavy atom. The molecule has 0 bridgehead atoms. The maximum atomic E-state index is 11.6. The molecule has 0 aliphatic rings. The molecule has 1 aromatic carbocycles. The fraction of sp³-hybridized carbons (Fsp3) is 0.462. The molecule has 88 valence electrons. The standard InChI is InChI=1S/C13H20N2O/c1-4-11-7-5-6-8-12(11)9-15-13(16)10(2)14-3/h5-8,10,14H,4,9H2,1-3H3,(H,15,16). The molecule has 0 saturated heterocycles. The zero-order chi connectivity index (χ0) is 12.0. The van der Waals surface area contributed by atoms with Gasteiger partial charge in [0.25, 0.3) is 0 Å². The van der Waals surface area contributed by atoms with Crippen LogP contribution in [0.15, 0.2) is 24.3 Å². The van der Waals surface area contributed by atoms with E-state index >= 15 is 0 Å². The maximum absolute atomic E-state index is 11.6. The summed E-state index contributed by atoms with van der Waals surface area (Å²) >= 11 is 0. The first-order valence-electron chi connectivity index (χ1n) is 5.70. The molecule has 0 heterocycles. The Morgan fingerprint density at radius 1 is 1.31 bits per heavy atom. The van der Waals surface area contributed by atoms with Gasteiger partial charge < -0.3 is 10.6 Å². The Morgan fingerprint density at radius 3 is 2.50 bits per heavy atom. The van der Waals surface area contributed by atoms with Gasteiger partial charge in [0.2, 0.25) is 5.91 Å². The number of amides is 1. The Balaban J connectivity index is 2.57. The number of likely N-dealkylation sites (N-methyl/N-ethyl adjacent to an activating group) is 1. The summed E-state index contributed by atoms with van der Waals surface area (Å²) in [5.41, 5.74) is 2.49. The molecule has 0 aliphatic heterocycles. The predicted molar refractivity (Wildman–Crippen MR) is 66.2 cm³/mol. The van der Waals surface area contributed by atoms with Crippen molar-refractivity contribution in [2.24, 2.45) is 0 Å². The van der Waals surface area contributed by atoms with Gasteiger partial charge in [0, 0.05) is 6.54 Å². The molecular weight excluding hydrogens is 200 g/mol. The number of nitrogens with one attached hydrogen (secondary N) is 2. The number of aryl methyl sites for hydroxylation is 1. The van der Waals surface area contributed by atoms with Crippen LogP contribution in [0, 0.1) is 0 Å². The SMILES string of the molecule is CCc1ccccc1CNC(=O)C(C)NC. The number of hydrogen-bond acceptors (Lipinski definition) is 2. The molecule has 1 unspecified atom stereocenters. The molecule has 0 radical (unpaired) electrons. The van der Waals surface area contributed by atoms with Crippen LogP contribution in [-0.2, 0) is 17.8 Å². The van der Waals surface area contributed by atoms with Crippen molar-refractivity contribution in [2.75, 3.05) is 7.05 Å². The minimum Gasteiger partial charge on any atom is -0.351 e. The second-order valence-electron chi connectivity index (χ2n) is 3.85. The zero-order valence-corrected chi connectivity index (χ0v) is 10.2. The highest BCUT2D eigenvalue weighted by Crippen LogP contribution is 2.08. The quantitative estimate of drug-likeness (QED) is 0.789. The summed E-state index contributed by atoms with van der Waals surface area (Å²) in [6.07, 6.45) is 0.994. The highest BCUT2D eigenvalue weighted by Gasteiger charge is 2.09. The van der Waals surface area contributed by atoms with Crippen molar-refractivity contribution in [1.82, 2.24) is 10.6 Å². The van der Waals surface area contributed by atoms with Gasteiger partial charge in [-0.25, -0.2) is 0 Å². The van der Waals surface area contributed by atoms with E-state index in [1.807, 2.05) is 19.1 Å². The van der Waals surface area contributed by atoms with Gasteiger partial charge in [-0.15, -0.1) is 0 Å². The molecule has 1 amide bonds. The van der Waals surface area contributed by atoms with Crippen molar-refractivity contribution in [3.63, 3.8) is 0 Å². The van der Waals surface area contributed by atoms with E-state index in [0.717, 1.165) is 6.42 Å². The first-order valence-corrected chi connectivity index (χ1v) is 5.70. The molecule has 0 aliphatic carbocycles. The Kier molecular flexibility index (Phi) is 4.99. The minimum absolute atomic E-state index is 0.0356. The van der Waals surface area contributed by atoms with E-state index in [1.165, 1.54) is 11.1 Å². The highest BCUT2D eigenvalue weighted by atomic mass is 16.2. The van der Waals surface area contributed by atoms with Gasteiger partial charge in [-0.3, -0.25) is 4.79 Å². The smallest absolute Gasteiger partial charge is 0.237 e. The lowest BCUT2D eigenvalue weighted by Crippen LogP contribution is -2.40. The van der Waals surface area contributed by atoms with Gasteiger partial charge in [-0.05, 0) is 31.5 Å². The molecule has 16 heavy (non-hydrogen) atoms. The Hall–Kier alpha value is -1.35. The summed E-state index contributed by atoms with van der Waals surface area (Å²) in [7, 11) is 1.78. The van der Waals surface area contributed by atoms with E-state index in [0.29, 0.717) is 6.54 Å². The van der Waals surface area contributed by atoms with Crippen molar-refractivity contribution in [3.8, 4) is 0 Å². The average molecular weight is 220 g/mol. The Bertz CT molecular complexity index is 350. The number of carbonyl (C=O) groups is 1. The summed E-state index contributed by atoms with van der Waals surface area (Å²) in [6, 6.07) is 8.04. The summed E-state index contributed by atoms with van der Waals surface area (Å²) < 4.78 is 0. The lowest BCUT2D eigenvalue weighted by Gasteiger charge is -2.12. The zero-order valence-electron chi connectivity index (χ0n) is 10.2. The second-order valence-corrected chi connectivity index (χ2v) is 3.85. The van der Waals surface area contributed by atoms with Crippen molar-refractivity contribution < 1.29 is 4.79 Å². The van der Waals surface area contributed by atoms with Crippen molar-refractivity contribution in [3.05, 3.63) is 35.4 Å². The summed E-state index contributed by atoms with van der Waals surface area (Å²) in [5.74, 6) is 0.0356. The number of rotatable bonds is 5. The first kappa shape index (κ1) is 12.7. The summed E-state index contributed by atoms with van der Waals surface area (Å²) in [5, 5.41) is 5.84. The summed E-state index contributed by atoms with van der Waals surface area (Å²) in [4.78, 5) is 11.6. The molecule has 3 nitrogen and oxygen atoms in total. The van der Waals surface area contributed by atoms with Gasteiger partial charge in [0.15, 0.2) is 0 Å². The third-order valence-corrected chi connectivity index (χ3v) is 2.78. The molecule has 1 rings (SSSR count). The van der Waals surface area contributed by atoms with Gasteiger partial charge in [-0.1, -0.05) is 31.2 Å². The van der Waals surface area contributed by atoms with Crippen LogP contribution in [0.25, 0.3) is 0 Å². The normalized spacial score (nSPS) is 12.2. The first-order chi connectivity index (χ1) is 7.69. The molecule has 0 aromatic heterocycles. The largest absolute Gasteiger partial charge is 0.351 e. The van der Waals surface area contributed by atoms with Crippen LogP contribution in [0.3, 0.4) is 0 Å². The van der Waals surface area contributed by atoms with Crippen molar-refractivity contribution in [1.29, 1.82) is 0 Å². The van der Waals surface area contributed by atoms with Gasteiger partial charge in [0.1, 0.15) is 0 Å². The molecule has 0 fully saturated rings. The maximum Gasteiger partial charge on any atom is 0.237 e. The Labute approximate surface area is 97.2 Å². The molecule has 0 spiro atoms. The van der Waals surface area contributed by atoms with E-state index in [9.17, 15) is 4.79 Å². The van der Waals surface area contributed by atoms with E-state index in [2.05, 4.69) is 29.7 Å². The molecule has 1 atom stereocenters. The van der Waals surface area contributed by atoms with Gasteiger partial charge in [-0.2, -0.15) is 0 Å².